The molecule has 1 aliphatic heterocycles. The standard InChI is InChI=1S/C20H26IN3O2S/c1-11(2)24(12(3)4)18(25)10-27-20-21-23-19(26-20)15-7-8-17-16(9-15)13(5)14(6)22-17/h7-9,11-12,22H,10H2,1-6H3. The van der Waals surface area contributed by atoms with Gasteiger partial charge < -0.3 is 14.6 Å². The summed E-state index contributed by atoms with van der Waals surface area (Å²) in [6, 6.07) is 6.66. The molecule has 0 saturated heterocycles. The first-order chi connectivity index (χ1) is 12.8. The number of halogens is 1. The summed E-state index contributed by atoms with van der Waals surface area (Å²) in [5.74, 6) is 1.24. The third-order valence-corrected chi connectivity index (χ3v) is 8.02. The Balaban J connectivity index is 1.63. The number of fused-ring (bicyclic) bond motifs is 1. The number of ether oxygens (including phenoxy) is 1. The van der Waals surface area contributed by atoms with Gasteiger partial charge in [-0.1, -0.05) is 11.8 Å². The van der Waals surface area contributed by atoms with Gasteiger partial charge in [0.25, 0.3) is 0 Å². The van der Waals surface area contributed by atoms with Gasteiger partial charge in [0.05, 0.1) is 26.8 Å². The molecule has 2 heterocycles. The highest BCUT2D eigenvalue weighted by Crippen LogP contribution is 2.28. The van der Waals surface area contributed by atoms with Crippen LogP contribution in [-0.4, -0.2) is 42.6 Å². The van der Waals surface area contributed by atoms with E-state index in [1.807, 2.05) is 11.0 Å². The third-order valence-electron chi connectivity index (χ3n) is 4.63. The molecule has 1 aromatic heterocycles. The van der Waals surface area contributed by atoms with Crippen molar-refractivity contribution in [3.63, 3.8) is 0 Å². The average molecular weight is 499 g/mol. The van der Waals surface area contributed by atoms with Crippen molar-refractivity contribution in [2.45, 2.75) is 53.6 Å². The molecule has 1 N–H and O–H groups in total. The molecule has 3 rings (SSSR count). The number of thioether (sulfide) groups is 1. The lowest BCUT2D eigenvalue weighted by molar-refractivity contribution is -0.131. The van der Waals surface area contributed by atoms with Crippen molar-refractivity contribution >= 4 is 58.5 Å². The Labute approximate surface area is 175 Å². The molecule has 146 valence electrons. The molecule has 0 fully saturated rings. The molecule has 0 unspecified atom stereocenters. The van der Waals surface area contributed by atoms with E-state index in [1.54, 1.807) is 0 Å². The third kappa shape index (κ3) is 4.39. The van der Waals surface area contributed by atoms with Gasteiger partial charge in [0.1, 0.15) is 0 Å². The molecule has 0 spiro atoms. The Morgan fingerprint density at radius 2 is 1.96 bits per heavy atom. The van der Waals surface area contributed by atoms with Gasteiger partial charge in [-0.05, 0) is 65.3 Å². The number of amides is 1. The lowest BCUT2D eigenvalue weighted by Crippen LogP contribution is -2.43. The second kappa shape index (κ2) is 8.34. The highest BCUT2D eigenvalue weighted by Gasteiger charge is 2.23. The fraction of sp³-hybridized carbons (Fsp3) is 0.450. The number of nitrogens with one attached hydrogen (secondary N) is 1. The Kier molecular flexibility index (Phi) is 6.30. The highest BCUT2D eigenvalue weighted by atomic mass is 127. The molecule has 1 aliphatic rings. The number of H-pyrrole nitrogens is 1. The van der Waals surface area contributed by atoms with Crippen molar-refractivity contribution in [3.05, 3.63) is 35.0 Å². The zero-order valence-electron chi connectivity index (χ0n) is 16.6. The number of rotatable bonds is 6. The molecule has 1 amide bonds. The van der Waals surface area contributed by atoms with E-state index >= 15 is 0 Å². The van der Waals surface area contributed by atoms with Crippen molar-refractivity contribution in [3.8, 4) is 0 Å². The van der Waals surface area contributed by atoms with Gasteiger partial charge in [-0.15, -0.1) is 0 Å². The van der Waals surface area contributed by atoms with Crippen molar-refractivity contribution in [1.29, 1.82) is 0 Å². The summed E-state index contributed by atoms with van der Waals surface area (Å²) < 4.78 is 11.5. The van der Waals surface area contributed by atoms with Crippen LogP contribution in [0.25, 0.3) is 10.9 Å². The van der Waals surface area contributed by atoms with Gasteiger partial charge >= 0.3 is 0 Å². The van der Waals surface area contributed by atoms with Crippen molar-refractivity contribution in [2.24, 2.45) is 3.21 Å². The molecule has 0 saturated carbocycles. The monoisotopic (exact) mass is 499 g/mol. The number of aromatic amines is 1. The summed E-state index contributed by atoms with van der Waals surface area (Å²) in [7, 11) is 0. The normalized spacial score (nSPS) is 14.2. The maximum atomic E-state index is 12.5. The van der Waals surface area contributed by atoms with Crippen molar-refractivity contribution in [2.75, 3.05) is 5.75 Å². The number of carbonyl (C=O) groups is 1. The van der Waals surface area contributed by atoms with Crippen molar-refractivity contribution < 1.29 is 9.53 Å². The van der Waals surface area contributed by atoms with E-state index in [4.69, 9.17) is 4.74 Å². The van der Waals surface area contributed by atoms with Crippen LogP contribution in [0.4, 0.5) is 0 Å². The van der Waals surface area contributed by atoms with Gasteiger partial charge in [-0.2, -0.15) is 3.21 Å². The molecule has 0 bridgehead atoms. The summed E-state index contributed by atoms with van der Waals surface area (Å²) in [6.07, 6.45) is 0. The maximum Gasteiger partial charge on any atom is 0.233 e. The zero-order valence-corrected chi connectivity index (χ0v) is 19.6. The molecule has 2 aromatic rings. The Bertz CT molecular complexity index is 923. The van der Waals surface area contributed by atoms with Crippen LogP contribution in [0.3, 0.4) is 0 Å². The average Bonchev–Trinajstić information content (AvgIpc) is 3.18. The van der Waals surface area contributed by atoms with E-state index in [0.29, 0.717) is 11.7 Å². The Morgan fingerprint density at radius 1 is 1.26 bits per heavy atom. The van der Waals surface area contributed by atoms with Crippen molar-refractivity contribution in [1.82, 2.24) is 9.88 Å². The molecule has 0 atom stereocenters. The lowest BCUT2D eigenvalue weighted by Gasteiger charge is -2.30. The summed E-state index contributed by atoms with van der Waals surface area (Å²) in [4.78, 5) is 17.8. The SMILES string of the molecule is Cc1[nH]c2ccc(C3=NI=C(SCC(=O)N(C(C)C)C(C)C)O3)cc2c1C. The molecule has 5 nitrogen and oxygen atoms in total. The number of benzene rings is 1. The van der Waals surface area contributed by atoms with Crippen LogP contribution in [-0.2, 0) is 9.53 Å². The fourth-order valence-corrected chi connectivity index (χ4v) is 6.09. The second-order valence-electron chi connectivity index (χ2n) is 7.23. The number of hydrogen-bond donors (Lipinski definition) is 1. The van der Waals surface area contributed by atoms with Crippen LogP contribution in [0.2, 0.25) is 0 Å². The summed E-state index contributed by atoms with van der Waals surface area (Å²) in [5.41, 5.74) is 4.57. The molecule has 7 heteroatoms. The molecule has 27 heavy (non-hydrogen) atoms. The Morgan fingerprint density at radius 3 is 2.63 bits per heavy atom. The first-order valence-electron chi connectivity index (χ1n) is 9.08. The second-order valence-corrected chi connectivity index (χ2v) is 10.9. The maximum absolute atomic E-state index is 12.5. The molecule has 0 radical (unpaired) electrons. The minimum atomic E-state index is -0.553. The number of nitrogens with zero attached hydrogens (tertiary/aromatic N) is 2. The molecule has 0 aliphatic carbocycles. The lowest BCUT2D eigenvalue weighted by atomic mass is 10.1. The Hall–Kier alpha value is -1.35. The summed E-state index contributed by atoms with van der Waals surface area (Å²) >= 11 is 0.943. The number of carbonyl (C=O) groups excluding carboxylic acids is 1. The van der Waals surface area contributed by atoms with E-state index in [1.165, 1.54) is 28.4 Å². The van der Waals surface area contributed by atoms with Gasteiger partial charge in [0.15, 0.2) is 0 Å². The highest BCUT2D eigenvalue weighted by molar-refractivity contribution is 14.2. The van der Waals surface area contributed by atoms with Crippen LogP contribution < -0.4 is 0 Å². The van der Waals surface area contributed by atoms with Gasteiger partial charge in [-0.25, -0.2) is 0 Å². The smallest absolute Gasteiger partial charge is 0.233 e. The molecular weight excluding hydrogens is 473 g/mol. The van der Waals surface area contributed by atoms with Crippen LogP contribution >= 0.6 is 32.8 Å². The zero-order chi connectivity index (χ0) is 19.7. The molecule has 1 aromatic carbocycles. The number of aromatic nitrogens is 1. The summed E-state index contributed by atoms with van der Waals surface area (Å²) in [6.45, 7) is 12.4. The first kappa shape index (κ1) is 20.4. The fourth-order valence-electron chi connectivity index (χ4n) is 3.30. The largest absolute Gasteiger partial charge is 0.424 e. The molecular formula is C20H26IN3O2S. The van der Waals surface area contributed by atoms with E-state index in [0.717, 1.165) is 14.1 Å². The predicted molar refractivity (Wildman–Crippen MR) is 124 cm³/mol. The van der Waals surface area contributed by atoms with E-state index in [2.05, 4.69) is 61.9 Å². The summed E-state index contributed by atoms with van der Waals surface area (Å²) in [5, 5.41) is 1.20. The first-order valence-corrected chi connectivity index (χ1v) is 12.1. The van der Waals surface area contributed by atoms with E-state index in [9.17, 15) is 4.79 Å². The predicted octanol–water partition coefficient (Wildman–Crippen LogP) is 4.91. The minimum absolute atomic E-state index is 0.151. The van der Waals surface area contributed by atoms with Gasteiger partial charge in [0, 0.05) is 34.2 Å². The van der Waals surface area contributed by atoms with Gasteiger partial charge in [-0.3, -0.25) is 4.79 Å². The quantitative estimate of drug-likeness (QED) is 0.575. The minimum Gasteiger partial charge on any atom is -0.424 e. The van der Waals surface area contributed by atoms with Gasteiger partial charge in [0.2, 0.25) is 14.8 Å². The topological polar surface area (TPSA) is 57.7 Å². The van der Waals surface area contributed by atoms with Crippen LogP contribution in [0, 0.1) is 13.8 Å². The van der Waals surface area contributed by atoms with Crippen LogP contribution in [0.5, 0.6) is 0 Å². The number of hydrogen-bond acceptors (Lipinski definition) is 4. The van der Waals surface area contributed by atoms with E-state index in [-0.39, 0.29) is 18.0 Å². The van der Waals surface area contributed by atoms with Crippen LogP contribution in [0.1, 0.15) is 44.5 Å². The van der Waals surface area contributed by atoms with E-state index < -0.39 is 21.0 Å². The number of aryl methyl sites for hydroxylation is 2. The van der Waals surface area contributed by atoms with Crippen LogP contribution in [0.15, 0.2) is 21.4 Å².